The third-order valence-electron chi connectivity index (χ3n) is 19.3. The molecular formula is C82H159NO5. The van der Waals surface area contributed by atoms with Crippen LogP contribution in [0.5, 0.6) is 0 Å². The third-order valence-corrected chi connectivity index (χ3v) is 19.3. The van der Waals surface area contributed by atoms with Crippen LogP contribution in [-0.2, 0) is 14.3 Å². The maximum absolute atomic E-state index is 12.5. The lowest BCUT2D eigenvalue weighted by atomic mass is 10.0. The van der Waals surface area contributed by atoms with Crippen molar-refractivity contribution in [3.63, 3.8) is 0 Å². The van der Waals surface area contributed by atoms with Crippen molar-refractivity contribution < 1.29 is 24.5 Å². The molecule has 0 rings (SSSR count). The number of carbonyl (C=O) groups excluding carboxylic acids is 2. The van der Waals surface area contributed by atoms with E-state index in [0.29, 0.717) is 25.9 Å². The third kappa shape index (κ3) is 73.4. The molecule has 0 heterocycles. The molecule has 0 aromatic heterocycles. The van der Waals surface area contributed by atoms with Gasteiger partial charge in [0, 0.05) is 12.8 Å². The highest BCUT2D eigenvalue weighted by molar-refractivity contribution is 5.76. The number of nitrogens with one attached hydrogen (secondary N) is 1. The average Bonchev–Trinajstić information content (AvgIpc) is 3.58. The van der Waals surface area contributed by atoms with Crippen LogP contribution in [0, 0.1) is 0 Å². The summed E-state index contributed by atoms with van der Waals surface area (Å²) in [4.78, 5) is 24.7. The molecule has 0 radical (unpaired) electrons. The number of ether oxygens (including phenoxy) is 1. The fourth-order valence-electron chi connectivity index (χ4n) is 13.1. The lowest BCUT2D eigenvalue weighted by Crippen LogP contribution is -2.45. The van der Waals surface area contributed by atoms with Crippen LogP contribution in [0.15, 0.2) is 24.3 Å². The van der Waals surface area contributed by atoms with Crippen LogP contribution in [0.3, 0.4) is 0 Å². The number of aliphatic hydroxyl groups is 2. The van der Waals surface area contributed by atoms with E-state index in [4.69, 9.17) is 4.74 Å². The first kappa shape index (κ1) is 86.3. The van der Waals surface area contributed by atoms with E-state index in [-0.39, 0.29) is 18.5 Å². The summed E-state index contributed by atoms with van der Waals surface area (Å²) in [6, 6.07) is -0.540. The lowest BCUT2D eigenvalue weighted by Gasteiger charge is -2.22. The molecule has 522 valence electrons. The van der Waals surface area contributed by atoms with Gasteiger partial charge in [-0.2, -0.15) is 0 Å². The predicted octanol–water partition coefficient (Wildman–Crippen LogP) is 26.8. The normalized spacial score (nSPS) is 12.5. The number of amides is 1. The summed E-state index contributed by atoms with van der Waals surface area (Å²) in [6.07, 6.45) is 99.9. The van der Waals surface area contributed by atoms with Gasteiger partial charge in [-0.25, -0.2) is 0 Å². The van der Waals surface area contributed by atoms with Gasteiger partial charge in [-0.1, -0.05) is 417 Å². The number of esters is 1. The van der Waals surface area contributed by atoms with E-state index >= 15 is 0 Å². The number of hydrogen-bond donors (Lipinski definition) is 3. The second-order valence-corrected chi connectivity index (χ2v) is 28.1. The molecule has 2 atom stereocenters. The molecule has 0 aromatic carbocycles. The first-order valence-corrected chi connectivity index (χ1v) is 40.6. The maximum Gasteiger partial charge on any atom is 0.305 e. The van der Waals surface area contributed by atoms with Crippen LogP contribution in [0.4, 0.5) is 0 Å². The Morgan fingerprint density at radius 2 is 0.568 bits per heavy atom. The van der Waals surface area contributed by atoms with E-state index in [2.05, 4.69) is 43.5 Å². The van der Waals surface area contributed by atoms with Crippen LogP contribution in [0.2, 0.25) is 0 Å². The van der Waals surface area contributed by atoms with Crippen molar-refractivity contribution in [3.8, 4) is 0 Å². The van der Waals surface area contributed by atoms with Gasteiger partial charge in [0.2, 0.25) is 5.91 Å². The number of carbonyl (C=O) groups is 2. The number of hydrogen-bond acceptors (Lipinski definition) is 5. The average molecular weight is 1240 g/mol. The second kappa shape index (κ2) is 77.8. The minimum Gasteiger partial charge on any atom is -0.466 e. The van der Waals surface area contributed by atoms with Crippen LogP contribution >= 0.6 is 0 Å². The molecular weight excluding hydrogens is 1080 g/mol. The number of allylic oxidation sites excluding steroid dienone is 4. The number of aliphatic hydroxyl groups excluding tert-OH is 2. The van der Waals surface area contributed by atoms with Crippen LogP contribution in [-0.4, -0.2) is 47.4 Å². The smallest absolute Gasteiger partial charge is 0.305 e. The van der Waals surface area contributed by atoms with E-state index in [1.165, 1.54) is 385 Å². The minimum absolute atomic E-state index is 0.0223. The summed E-state index contributed by atoms with van der Waals surface area (Å²) in [7, 11) is 0. The molecule has 3 N–H and O–H groups in total. The SMILES string of the molecule is CCCCCCCCCCCCCCCCCCCCC(=O)OCCCCCCCCCCCCC/C=C\C/C=C\CCCCCCCCCCCCCCCCCCCC(=O)NC(CO)C(O)CCCCCCCCCCCCCCCCCCCC. The van der Waals surface area contributed by atoms with E-state index in [1.54, 1.807) is 0 Å². The van der Waals surface area contributed by atoms with Gasteiger partial charge in [0.05, 0.1) is 25.4 Å². The van der Waals surface area contributed by atoms with Crippen molar-refractivity contribution in [2.75, 3.05) is 13.2 Å². The predicted molar refractivity (Wildman–Crippen MR) is 389 cm³/mol. The first-order chi connectivity index (χ1) is 43.5. The summed E-state index contributed by atoms with van der Waals surface area (Å²) in [5, 5.41) is 23.4. The zero-order valence-corrected chi connectivity index (χ0v) is 60.0. The van der Waals surface area contributed by atoms with Gasteiger partial charge < -0.3 is 20.3 Å². The monoisotopic (exact) mass is 1240 g/mol. The van der Waals surface area contributed by atoms with Gasteiger partial charge in [0.25, 0.3) is 0 Å². The Kier molecular flexibility index (Phi) is 76.3. The topological polar surface area (TPSA) is 95.9 Å². The highest BCUT2D eigenvalue weighted by Gasteiger charge is 2.20. The quantitative estimate of drug-likeness (QED) is 0.0320. The standard InChI is InChI=1S/C82H159NO5/c1-3-5-7-9-11-13-15-17-19-21-42-46-50-54-58-62-66-70-74-80(85)79(78-84)83-81(86)75-71-67-63-59-55-51-47-43-40-38-36-34-32-30-28-26-24-23-25-27-29-31-33-35-37-39-41-45-49-53-57-61-65-69-73-77-88-82(87)76-72-68-64-60-56-52-48-44-22-20-18-16-14-12-10-8-6-4-2/h25,27,31,33,79-80,84-85H,3-24,26,28-30,32,34-78H2,1-2H3,(H,83,86)/b27-25-,33-31-. The molecule has 0 saturated heterocycles. The molecule has 0 saturated carbocycles. The van der Waals surface area contributed by atoms with E-state index < -0.39 is 12.1 Å². The van der Waals surface area contributed by atoms with Gasteiger partial charge in [0.15, 0.2) is 0 Å². The molecule has 1 amide bonds. The fourth-order valence-corrected chi connectivity index (χ4v) is 13.1. The van der Waals surface area contributed by atoms with Crippen molar-refractivity contribution in [1.29, 1.82) is 0 Å². The Bertz CT molecular complexity index is 1380. The summed E-state index contributed by atoms with van der Waals surface area (Å²) < 4.78 is 5.52. The molecule has 2 unspecified atom stereocenters. The largest absolute Gasteiger partial charge is 0.466 e. The van der Waals surface area contributed by atoms with E-state index in [1.807, 2.05) is 0 Å². The van der Waals surface area contributed by atoms with Gasteiger partial charge >= 0.3 is 5.97 Å². The minimum atomic E-state index is -0.663. The Balaban J connectivity index is 3.35. The Labute approximate surface area is 551 Å². The van der Waals surface area contributed by atoms with Crippen LogP contribution in [0.1, 0.15) is 463 Å². The van der Waals surface area contributed by atoms with E-state index in [0.717, 1.165) is 44.9 Å². The molecule has 0 aliphatic rings. The van der Waals surface area contributed by atoms with Crippen molar-refractivity contribution in [2.24, 2.45) is 0 Å². The molecule has 6 nitrogen and oxygen atoms in total. The van der Waals surface area contributed by atoms with Crippen molar-refractivity contribution in [2.45, 2.75) is 475 Å². The molecule has 88 heavy (non-hydrogen) atoms. The number of rotatable bonds is 77. The molecule has 6 heteroatoms. The Hall–Kier alpha value is -1.66. The zero-order valence-electron chi connectivity index (χ0n) is 60.0. The van der Waals surface area contributed by atoms with Crippen molar-refractivity contribution >= 4 is 11.9 Å². The van der Waals surface area contributed by atoms with Crippen molar-refractivity contribution in [3.05, 3.63) is 24.3 Å². The van der Waals surface area contributed by atoms with Gasteiger partial charge in [0.1, 0.15) is 0 Å². The molecule has 0 fully saturated rings. The summed E-state index contributed by atoms with van der Waals surface area (Å²) in [5.74, 6) is -0.00571. The highest BCUT2D eigenvalue weighted by Crippen LogP contribution is 2.20. The maximum atomic E-state index is 12.5. The highest BCUT2D eigenvalue weighted by atomic mass is 16.5. The van der Waals surface area contributed by atoms with Gasteiger partial charge in [-0.05, 0) is 57.8 Å². The second-order valence-electron chi connectivity index (χ2n) is 28.1. The fraction of sp³-hybridized carbons (Fsp3) is 0.927. The molecule has 0 spiro atoms. The molecule has 0 aliphatic heterocycles. The van der Waals surface area contributed by atoms with Crippen LogP contribution < -0.4 is 5.32 Å². The number of unbranched alkanes of at least 4 members (excludes halogenated alkanes) is 62. The van der Waals surface area contributed by atoms with Gasteiger partial charge in [-0.15, -0.1) is 0 Å². The van der Waals surface area contributed by atoms with Crippen molar-refractivity contribution in [1.82, 2.24) is 5.32 Å². The summed E-state index contributed by atoms with van der Waals surface area (Å²) in [6.45, 7) is 5.01. The van der Waals surface area contributed by atoms with E-state index in [9.17, 15) is 19.8 Å². The molecule has 0 aromatic rings. The lowest BCUT2D eigenvalue weighted by molar-refractivity contribution is -0.143. The summed E-state index contributed by atoms with van der Waals surface area (Å²) >= 11 is 0. The molecule has 0 bridgehead atoms. The molecule has 0 aliphatic carbocycles. The first-order valence-electron chi connectivity index (χ1n) is 40.6. The summed E-state index contributed by atoms with van der Waals surface area (Å²) in [5.41, 5.74) is 0. The zero-order chi connectivity index (χ0) is 63.5. The Morgan fingerprint density at radius 1 is 0.318 bits per heavy atom. The van der Waals surface area contributed by atoms with Crippen LogP contribution in [0.25, 0.3) is 0 Å². The van der Waals surface area contributed by atoms with Gasteiger partial charge in [-0.3, -0.25) is 9.59 Å². The Morgan fingerprint density at radius 3 is 0.864 bits per heavy atom.